The van der Waals surface area contributed by atoms with Crippen LogP contribution in [0.3, 0.4) is 0 Å². The number of ketones is 1. The number of phenols is 1. The lowest BCUT2D eigenvalue weighted by molar-refractivity contribution is -0.107. The van der Waals surface area contributed by atoms with Gasteiger partial charge in [-0.1, -0.05) is 18.2 Å². The van der Waals surface area contributed by atoms with Crippen LogP contribution >= 0.6 is 0 Å². The van der Waals surface area contributed by atoms with Crippen LogP contribution in [0.2, 0.25) is 0 Å². The number of Topliss-reactive ketones (excluding diaryl/α,β-unsaturated/α-hetero) is 1. The molecule has 0 spiro atoms. The van der Waals surface area contributed by atoms with E-state index in [1.807, 2.05) is 0 Å². The van der Waals surface area contributed by atoms with Crippen LogP contribution in [0, 0.1) is 0 Å². The number of anilines is 1. The van der Waals surface area contributed by atoms with Gasteiger partial charge in [-0.15, -0.1) is 0 Å². The molecular formula is C17H17NO4. The molecule has 1 amide bonds. The Bertz CT molecular complexity index is 725. The molecule has 0 radical (unpaired) electrons. The standard InChI is InChI=1S/C17H17NO4/c1-11(20)12-8-9-15(22-3)16(17(12)21)13-6-4-5-7-14(13)18(2)10-19/h4-10,21H,1-3H3. The molecular weight excluding hydrogens is 282 g/mol. The summed E-state index contributed by atoms with van der Waals surface area (Å²) in [6.07, 6.45) is 0.678. The first kappa shape index (κ1) is 15.6. The number of nitrogens with zero attached hydrogens (tertiary/aromatic N) is 1. The van der Waals surface area contributed by atoms with Crippen molar-refractivity contribution < 1.29 is 19.4 Å². The molecule has 0 unspecified atom stereocenters. The van der Waals surface area contributed by atoms with Crippen molar-refractivity contribution in [2.24, 2.45) is 0 Å². The van der Waals surface area contributed by atoms with Gasteiger partial charge in [0.25, 0.3) is 0 Å². The van der Waals surface area contributed by atoms with Gasteiger partial charge in [0.2, 0.25) is 6.41 Å². The van der Waals surface area contributed by atoms with Crippen LogP contribution in [-0.2, 0) is 4.79 Å². The van der Waals surface area contributed by atoms with E-state index in [2.05, 4.69) is 0 Å². The van der Waals surface area contributed by atoms with Gasteiger partial charge < -0.3 is 14.7 Å². The zero-order valence-corrected chi connectivity index (χ0v) is 12.7. The Kier molecular flexibility index (Phi) is 4.46. The maximum atomic E-state index is 11.7. The number of hydrogen-bond donors (Lipinski definition) is 1. The number of phenolic OH excluding ortho intramolecular Hbond substituents is 1. The van der Waals surface area contributed by atoms with Crippen molar-refractivity contribution in [3.63, 3.8) is 0 Å². The number of carbonyl (C=O) groups excluding carboxylic acids is 2. The Morgan fingerprint density at radius 3 is 2.50 bits per heavy atom. The van der Waals surface area contributed by atoms with E-state index >= 15 is 0 Å². The number of hydrogen-bond acceptors (Lipinski definition) is 4. The molecule has 2 aromatic carbocycles. The smallest absolute Gasteiger partial charge is 0.213 e. The first-order valence-corrected chi connectivity index (χ1v) is 6.69. The number of ether oxygens (including phenoxy) is 1. The molecule has 0 aliphatic heterocycles. The number of rotatable bonds is 5. The van der Waals surface area contributed by atoms with Crippen LogP contribution in [0.1, 0.15) is 17.3 Å². The minimum Gasteiger partial charge on any atom is -0.506 e. The summed E-state index contributed by atoms with van der Waals surface area (Å²) in [5, 5.41) is 10.5. The van der Waals surface area contributed by atoms with Crippen molar-refractivity contribution in [1.82, 2.24) is 0 Å². The normalized spacial score (nSPS) is 10.1. The Hall–Kier alpha value is -2.82. The lowest BCUT2D eigenvalue weighted by atomic mass is 9.97. The monoisotopic (exact) mass is 299 g/mol. The van der Waals surface area contributed by atoms with Crippen LogP contribution in [0.15, 0.2) is 36.4 Å². The molecule has 0 fully saturated rings. The fourth-order valence-corrected chi connectivity index (χ4v) is 2.34. The second kappa shape index (κ2) is 6.30. The lowest BCUT2D eigenvalue weighted by Gasteiger charge is -2.19. The van der Waals surface area contributed by atoms with Gasteiger partial charge in [-0.05, 0) is 25.1 Å². The fourth-order valence-electron chi connectivity index (χ4n) is 2.34. The highest BCUT2D eigenvalue weighted by Crippen LogP contribution is 2.43. The van der Waals surface area contributed by atoms with Gasteiger partial charge in [0.15, 0.2) is 5.78 Å². The van der Waals surface area contributed by atoms with E-state index in [0.717, 1.165) is 0 Å². The summed E-state index contributed by atoms with van der Waals surface area (Å²) in [6, 6.07) is 10.2. The third-order valence-corrected chi connectivity index (χ3v) is 3.45. The fraction of sp³-hybridized carbons (Fsp3) is 0.176. The second-order valence-corrected chi connectivity index (χ2v) is 4.83. The summed E-state index contributed by atoms with van der Waals surface area (Å²) < 4.78 is 5.31. The minimum atomic E-state index is -0.248. The van der Waals surface area contributed by atoms with Crippen molar-refractivity contribution in [2.75, 3.05) is 19.1 Å². The van der Waals surface area contributed by atoms with Gasteiger partial charge in [0.1, 0.15) is 11.5 Å². The van der Waals surface area contributed by atoms with Crippen LogP contribution < -0.4 is 9.64 Å². The number of para-hydroxylation sites is 1. The highest BCUT2D eigenvalue weighted by Gasteiger charge is 2.20. The highest BCUT2D eigenvalue weighted by atomic mass is 16.5. The molecule has 2 aromatic rings. The van der Waals surface area contributed by atoms with Gasteiger partial charge in [-0.3, -0.25) is 9.59 Å². The first-order chi connectivity index (χ1) is 10.5. The number of carbonyl (C=O) groups is 2. The lowest BCUT2D eigenvalue weighted by Crippen LogP contribution is -2.14. The molecule has 0 aliphatic rings. The van der Waals surface area contributed by atoms with Gasteiger partial charge in [0, 0.05) is 12.6 Å². The Labute approximate surface area is 128 Å². The van der Waals surface area contributed by atoms with E-state index in [9.17, 15) is 14.7 Å². The average Bonchev–Trinajstić information content (AvgIpc) is 2.53. The molecule has 0 bridgehead atoms. The third kappa shape index (κ3) is 2.65. The van der Waals surface area contributed by atoms with Crippen LogP contribution in [0.4, 0.5) is 5.69 Å². The Balaban J connectivity index is 2.79. The maximum absolute atomic E-state index is 11.7. The number of amides is 1. The molecule has 0 atom stereocenters. The van der Waals surface area contributed by atoms with E-state index < -0.39 is 0 Å². The molecule has 0 saturated carbocycles. The van der Waals surface area contributed by atoms with Crippen LogP contribution in [-0.4, -0.2) is 31.5 Å². The highest BCUT2D eigenvalue weighted by molar-refractivity contribution is 6.01. The molecule has 1 N–H and O–H groups in total. The molecule has 114 valence electrons. The topological polar surface area (TPSA) is 66.8 Å². The number of aromatic hydroxyl groups is 1. The predicted molar refractivity (Wildman–Crippen MR) is 84.6 cm³/mol. The zero-order chi connectivity index (χ0) is 16.3. The summed E-state index contributed by atoms with van der Waals surface area (Å²) >= 11 is 0. The average molecular weight is 299 g/mol. The summed E-state index contributed by atoms with van der Waals surface area (Å²) in [5.41, 5.74) is 1.81. The predicted octanol–water partition coefficient (Wildman–Crippen LogP) is 2.86. The summed E-state index contributed by atoms with van der Waals surface area (Å²) in [7, 11) is 3.10. The van der Waals surface area contributed by atoms with Crippen molar-refractivity contribution in [2.45, 2.75) is 6.92 Å². The third-order valence-electron chi connectivity index (χ3n) is 3.45. The first-order valence-electron chi connectivity index (χ1n) is 6.69. The van der Waals surface area contributed by atoms with Crippen LogP contribution in [0.25, 0.3) is 11.1 Å². The maximum Gasteiger partial charge on any atom is 0.213 e. The zero-order valence-electron chi connectivity index (χ0n) is 12.7. The Morgan fingerprint density at radius 1 is 1.23 bits per heavy atom. The Morgan fingerprint density at radius 2 is 1.91 bits per heavy atom. The molecule has 0 heterocycles. The van der Waals surface area contributed by atoms with Gasteiger partial charge >= 0.3 is 0 Å². The van der Waals surface area contributed by atoms with Gasteiger partial charge in [0.05, 0.1) is 23.9 Å². The summed E-state index contributed by atoms with van der Waals surface area (Å²) in [5.74, 6) is 0.0236. The summed E-state index contributed by atoms with van der Waals surface area (Å²) in [6.45, 7) is 1.38. The van der Waals surface area contributed by atoms with E-state index in [0.29, 0.717) is 29.0 Å². The van der Waals surface area contributed by atoms with E-state index in [1.165, 1.54) is 25.0 Å². The second-order valence-electron chi connectivity index (χ2n) is 4.83. The molecule has 0 aromatic heterocycles. The summed E-state index contributed by atoms with van der Waals surface area (Å²) in [4.78, 5) is 24.1. The van der Waals surface area contributed by atoms with Crippen molar-refractivity contribution in [3.05, 3.63) is 42.0 Å². The molecule has 5 heteroatoms. The van der Waals surface area contributed by atoms with Crippen molar-refractivity contribution in [1.29, 1.82) is 0 Å². The number of methoxy groups -OCH3 is 1. The van der Waals surface area contributed by atoms with Crippen molar-refractivity contribution >= 4 is 17.9 Å². The minimum absolute atomic E-state index is 0.154. The van der Waals surface area contributed by atoms with E-state index in [1.54, 1.807) is 37.4 Å². The largest absolute Gasteiger partial charge is 0.506 e. The van der Waals surface area contributed by atoms with Gasteiger partial charge in [-0.2, -0.15) is 0 Å². The van der Waals surface area contributed by atoms with Crippen molar-refractivity contribution in [3.8, 4) is 22.6 Å². The molecule has 2 rings (SSSR count). The van der Waals surface area contributed by atoms with Gasteiger partial charge in [-0.25, -0.2) is 0 Å². The van der Waals surface area contributed by atoms with Crippen LogP contribution in [0.5, 0.6) is 11.5 Å². The quantitative estimate of drug-likeness (QED) is 0.681. The van der Waals surface area contributed by atoms with E-state index in [4.69, 9.17) is 4.74 Å². The molecule has 22 heavy (non-hydrogen) atoms. The molecule has 0 saturated heterocycles. The number of benzene rings is 2. The van der Waals surface area contributed by atoms with E-state index in [-0.39, 0.29) is 17.1 Å². The molecule has 0 aliphatic carbocycles. The SMILES string of the molecule is COc1ccc(C(C)=O)c(O)c1-c1ccccc1N(C)C=O. The molecule has 5 nitrogen and oxygen atoms in total.